The molecule has 0 aromatic carbocycles. The molecule has 0 aliphatic rings. The van der Waals surface area contributed by atoms with E-state index < -0.39 is 0 Å². The third-order valence-corrected chi connectivity index (χ3v) is 1.73. The van der Waals surface area contributed by atoms with E-state index in [1.165, 1.54) is 6.20 Å². The fourth-order valence-electron chi connectivity index (χ4n) is 0.986. The monoisotopic (exact) mass is 194 g/mol. The molecule has 13 heavy (non-hydrogen) atoms. The number of nitrogens with zero attached hydrogens (tertiary/aromatic N) is 4. The quantitative estimate of drug-likeness (QED) is 0.693. The molecule has 2 rings (SSSR count). The van der Waals surface area contributed by atoms with Gasteiger partial charge < -0.3 is 0 Å². The molecule has 2 heterocycles. The Kier molecular flexibility index (Phi) is 1.98. The van der Waals surface area contributed by atoms with Gasteiger partial charge in [0.25, 0.3) is 0 Å². The summed E-state index contributed by atoms with van der Waals surface area (Å²) in [7, 11) is 0. The van der Waals surface area contributed by atoms with Crippen molar-refractivity contribution >= 4 is 11.6 Å². The van der Waals surface area contributed by atoms with Gasteiger partial charge in [-0.25, -0.2) is 9.67 Å². The Labute approximate surface area is 80.2 Å². The van der Waals surface area contributed by atoms with Crippen LogP contribution in [0.15, 0.2) is 24.7 Å². The molecule has 0 aliphatic carbocycles. The standard InChI is InChI=1S/C8H7ClN4/c1-6-2-3-13(12-6)8-5-10-4-7(9)11-8/h2-5H,1H3. The average molecular weight is 195 g/mol. The first kappa shape index (κ1) is 8.19. The first-order valence-electron chi connectivity index (χ1n) is 3.76. The number of hydrogen-bond donors (Lipinski definition) is 0. The smallest absolute Gasteiger partial charge is 0.173 e. The molecular weight excluding hydrogens is 188 g/mol. The minimum absolute atomic E-state index is 0.366. The van der Waals surface area contributed by atoms with Gasteiger partial charge in [-0.05, 0) is 13.0 Å². The summed E-state index contributed by atoms with van der Waals surface area (Å²) in [5.41, 5.74) is 0.932. The highest BCUT2D eigenvalue weighted by Crippen LogP contribution is 2.06. The summed E-state index contributed by atoms with van der Waals surface area (Å²) in [5, 5.41) is 4.54. The van der Waals surface area contributed by atoms with E-state index in [2.05, 4.69) is 15.1 Å². The van der Waals surface area contributed by atoms with Crippen molar-refractivity contribution in [3.8, 4) is 5.82 Å². The molecule has 0 atom stereocenters. The fourth-order valence-corrected chi connectivity index (χ4v) is 1.13. The lowest BCUT2D eigenvalue weighted by molar-refractivity contribution is 0.824. The molecule has 0 amide bonds. The van der Waals surface area contributed by atoms with E-state index in [9.17, 15) is 0 Å². The highest BCUT2D eigenvalue weighted by molar-refractivity contribution is 6.29. The van der Waals surface area contributed by atoms with E-state index in [0.29, 0.717) is 11.0 Å². The fraction of sp³-hybridized carbons (Fsp3) is 0.125. The van der Waals surface area contributed by atoms with E-state index in [-0.39, 0.29) is 0 Å². The average Bonchev–Trinajstić information content (AvgIpc) is 2.52. The van der Waals surface area contributed by atoms with Gasteiger partial charge in [0.15, 0.2) is 5.82 Å². The molecule has 0 N–H and O–H groups in total. The summed E-state index contributed by atoms with van der Waals surface area (Å²) in [6, 6.07) is 1.89. The van der Waals surface area contributed by atoms with Crippen LogP contribution in [0.4, 0.5) is 0 Å². The van der Waals surface area contributed by atoms with Crippen molar-refractivity contribution in [1.29, 1.82) is 0 Å². The van der Waals surface area contributed by atoms with E-state index >= 15 is 0 Å². The van der Waals surface area contributed by atoms with Gasteiger partial charge in [0.2, 0.25) is 0 Å². The first-order chi connectivity index (χ1) is 6.25. The SMILES string of the molecule is Cc1ccn(-c2cncc(Cl)n2)n1. The Morgan fingerprint density at radius 3 is 2.85 bits per heavy atom. The molecule has 0 unspecified atom stereocenters. The minimum atomic E-state index is 0.366. The predicted octanol–water partition coefficient (Wildman–Crippen LogP) is 1.62. The first-order valence-corrected chi connectivity index (χ1v) is 4.14. The van der Waals surface area contributed by atoms with Gasteiger partial charge in [-0.15, -0.1) is 0 Å². The summed E-state index contributed by atoms with van der Waals surface area (Å²) in [4.78, 5) is 7.97. The summed E-state index contributed by atoms with van der Waals surface area (Å²) >= 11 is 5.69. The maximum atomic E-state index is 5.69. The molecule has 0 spiro atoms. The lowest BCUT2D eigenvalue weighted by Gasteiger charge is -1.98. The van der Waals surface area contributed by atoms with Crippen LogP contribution in [0.25, 0.3) is 5.82 Å². The van der Waals surface area contributed by atoms with E-state index in [0.717, 1.165) is 5.69 Å². The number of hydrogen-bond acceptors (Lipinski definition) is 3. The Morgan fingerprint density at radius 2 is 2.23 bits per heavy atom. The second-order valence-electron chi connectivity index (χ2n) is 2.60. The number of aromatic nitrogens is 4. The molecule has 0 aliphatic heterocycles. The van der Waals surface area contributed by atoms with Crippen molar-refractivity contribution < 1.29 is 0 Å². The summed E-state index contributed by atoms with van der Waals surface area (Å²) in [6.07, 6.45) is 4.91. The van der Waals surface area contributed by atoms with Crippen LogP contribution in [0, 0.1) is 6.92 Å². The Balaban J connectivity index is 2.46. The van der Waals surface area contributed by atoms with Crippen LogP contribution in [0.2, 0.25) is 5.15 Å². The van der Waals surface area contributed by atoms with E-state index in [4.69, 9.17) is 11.6 Å². The van der Waals surface area contributed by atoms with Crippen molar-refractivity contribution in [2.24, 2.45) is 0 Å². The maximum absolute atomic E-state index is 5.69. The second-order valence-corrected chi connectivity index (χ2v) is 2.99. The van der Waals surface area contributed by atoms with Gasteiger partial charge in [0.05, 0.1) is 18.1 Å². The summed E-state index contributed by atoms with van der Waals surface area (Å²) < 4.78 is 1.63. The van der Waals surface area contributed by atoms with Crippen molar-refractivity contribution in [3.63, 3.8) is 0 Å². The maximum Gasteiger partial charge on any atom is 0.173 e. The molecule has 4 nitrogen and oxygen atoms in total. The van der Waals surface area contributed by atoms with Crippen LogP contribution >= 0.6 is 11.6 Å². The van der Waals surface area contributed by atoms with E-state index in [1.807, 2.05) is 19.2 Å². The second kappa shape index (κ2) is 3.14. The number of halogens is 1. The number of rotatable bonds is 1. The molecule has 0 bridgehead atoms. The largest absolute Gasteiger partial charge is 0.258 e. The summed E-state index contributed by atoms with van der Waals surface area (Å²) in [5.74, 6) is 0.626. The molecule has 2 aromatic rings. The Bertz CT molecular complexity index is 424. The van der Waals surface area contributed by atoms with Crippen LogP contribution in [-0.4, -0.2) is 19.7 Å². The van der Waals surface area contributed by atoms with Gasteiger partial charge in [0, 0.05) is 6.20 Å². The number of aryl methyl sites for hydroxylation is 1. The van der Waals surface area contributed by atoms with Gasteiger partial charge in [-0.1, -0.05) is 11.6 Å². The molecule has 0 saturated heterocycles. The van der Waals surface area contributed by atoms with Crippen molar-refractivity contribution in [1.82, 2.24) is 19.7 Å². The molecule has 66 valence electrons. The third kappa shape index (κ3) is 1.67. The van der Waals surface area contributed by atoms with Crippen LogP contribution < -0.4 is 0 Å². The van der Waals surface area contributed by atoms with Gasteiger partial charge in [-0.2, -0.15) is 5.10 Å². The minimum Gasteiger partial charge on any atom is -0.258 e. The highest BCUT2D eigenvalue weighted by Gasteiger charge is 2.00. The van der Waals surface area contributed by atoms with Gasteiger partial charge in [-0.3, -0.25) is 4.98 Å². The zero-order valence-corrected chi connectivity index (χ0v) is 7.73. The molecule has 0 saturated carbocycles. The Morgan fingerprint density at radius 1 is 1.38 bits per heavy atom. The molecule has 0 radical (unpaired) electrons. The van der Waals surface area contributed by atoms with Gasteiger partial charge >= 0.3 is 0 Å². The van der Waals surface area contributed by atoms with E-state index in [1.54, 1.807) is 10.9 Å². The van der Waals surface area contributed by atoms with Crippen LogP contribution in [-0.2, 0) is 0 Å². The summed E-state index contributed by atoms with van der Waals surface area (Å²) in [6.45, 7) is 1.91. The van der Waals surface area contributed by atoms with Crippen LogP contribution in [0.1, 0.15) is 5.69 Å². The lowest BCUT2D eigenvalue weighted by atomic mass is 10.5. The molecule has 2 aromatic heterocycles. The molecule has 5 heteroatoms. The van der Waals surface area contributed by atoms with Crippen molar-refractivity contribution in [3.05, 3.63) is 35.5 Å². The zero-order valence-electron chi connectivity index (χ0n) is 6.98. The Hall–Kier alpha value is -1.42. The topological polar surface area (TPSA) is 43.6 Å². The van der Waals surface area contributed by atoms with Crippen molar-refractivity contribution in [2.45, 2.75) is 6.92 Å². The van der Waals surface area contributed by atoms with Crippen LogP contribution in [0.5, 0.6) is 0 Å². The molecule has 0 fully saturated rings. The van der Waals surface area contributed by atoms with Crippen molar-refractivity contribution in [2.75, 3.05) is 0 Å². The van der Waals surface area contributed by atoms with Gasteiger partial charge in [0.1, 0.15) is 5.15 Å². The van der Waals surface area contributed by atoms with Crippen LogP contribution in [0.3, 0.4) is 0 Å². The predicted molar refractivity (Wildman–Crippen MR) is 48.9 cm³/mol. The lowest BCUT2D eigenvalue weighted by Crippen LogP contribution is -1.99. The zero-order chi connectivity index (χ0) is 9.26. The highest BCUT2D eigenvalue weighted by atomic mass is 35.5. The normalized spacial score (nSPS) is 10.3. The third-order valence-electron chi connectivity index (χ3n) is 1.55. The molecular formula is C8H7ClN4.